The molecule has 0 fully saturated rings. The van der Waals surface area contributed by atoms with Crippen LogP contribution in [0.25, 0.3) is 5.69 Å². The number of aromatic nitrogens is 3. The zero-order valence-corrected chi connectivity index (χ0v) is 11.5. The van der Waals surface area contributed by atoms with Crippen LogP contribution in [-0.2, 0) is 6.54 Å². The molecule has 0 aliphatic rings. The molecule has 2 heterocycles. The second-order valence-corrected chi connectivity index (χ2v) is 4.99. The van der Waals surface area contributed by atoms with Gasteiger partial charge in [0.2, 0.25) is 0 Å². The maximum Gasteiger partial charge on any atom is 0.0826 e. The maximum absolute atomic E-state index is 5.87. The van der Waals surface area contributed by atoms with E-state index in [9.17, 15) is 0 Å². The molecule has 0 aliphatic carbocycles. The number of hydrogen-bond donors (Lipinski definition) is 1. The number of para-hydroxylation sites is 1. The predicted molar refractivity (Wildman–Crippen MR) is 79.7 cm³/mol. The van der Waals surface area contributed by atoms with E-state index in [1.54, 1.807) is 0 Å². The number of nitrogens with two attached hydrogens (primary N) is 1. The van der Waals surface area contributed by atoms with Crippen LogP contribution in [0.15, 0.2) is 61.1 Å². The van der Waals surface area contributed by atoms with Crippen molar-refractivity contribution in [1.29, 1.82) is 0 Å². The van der Waals surface area contributed by atoms with Gasteiger partial charge in [0.25, 0.3) is 0 Å². The van der Waals surface area contributed by atoms with Crippen molar-refractivity contribution < 1.29 is 0 Å². The van der Waals surface area contributed by atoms with Crippen LogP contribution in [0.4, 0.5) is 0 Å². The fourth-order valence-corrected chi connectivity index (χ4v) is 2.18. The van der Waals surface area contributed by atoms with Gasteiger partial charge >= 0.3 is 0 Å². The molecule has 1 unspecified atom stereocenters. The zero-order valence-electron chi connectivity index (χ0n) is 11.5. The Labute approximate surface area is 118 Å². The summed E-state index contributed by atoms with van der Waals surface area (Å²) in [6, 6.07) is 14.3. The van der Waals surface area contributed by atoms with Gasteiger partial charge in [-0.2, -0.15) is 5.10 Å². The third-order valence-electron chi connectivity index (χ3n) is 3.31. The van der Waals surface area contributed by atoms with Crippen LogP contribution in [0.3, 0.4) is 0 Å². The van der Waals surface area contributed by atoms with E-state index in [4.69, 9.17) is 5.73 Å². The lowest BCUT2D eigenvalue weighted by Crippen LogP contribution is -2.04. The molecule has 3 rings (SSSR count). The second kappa shape index (κ2) is 5.35. The summed E-state index contributed by atoms with van der Waals surface area (Å²) < 4.78 is 4.00. The van der Waals surface area contributed by atoms with Crippen LogP contribution >= 0.6 is 0 Å². The normalized spacial score (nSPS) is 12.5. The minimum Gasteiger partial charge on any atom is -0.348 e. The van der Waals surface area contributed by atoms with E-state index in [1.165, 1.54) is 0 Å². The number of benzene rings is 1. The van der Waals surface area contributed by atoms with E-state index in [-0.39, 0.29) is 6.04 Å². The summed E-state index contributed by atoms with van der Waals surface area (Å²) in [4.78, 5) is 0. The van der Waals surface area contributed by atoms with Crippen LogP contribution in [0.1, 0.15) is 24.2 Å². The first-order chi connectivity index (χ1) is 9.72. The van der Waals surface area contributed by atoms with Crippen molar-refractivity contribution in [3.05, 3.63) is 72.3 Å². The van der Waals surface area contributed by atoms with Crippen molar-refractivity contribution in [3.8, 4) is 5.69 Å². The molecule has 0 radical (unpaired) electrons. The average molecular weight is 266 g/mol. The Balaban J connectivity index is 1.77. The van der Waals surface area contributed by atoms with E-state index >= 15 is 0 Å². The molecule has 1 aromatic carbocycles. The lowest BCUT2D eigenvalue weighted by Gasteiger charge is -2.02. The molecular formula is C16H18N4. The second-order valence-electron chi connectivity index (χ2n) is 4.99. The fourth-order valence-electron chi connectivity index (χ4n) is 2.18. The van der Waals surface area contributed by atoms with Gasteiger partial charge in [0.15, 0.2) is 0 Å². The molecular weight excluding hydrogens is 248 g/mol. The predicted octanol–water partition coefficient (Wildman–Crippen LogP) is 2.74. The molecule has 0 amide bonds. The first-order valence-corrected chi connectivity index (χ1v) is 6.73. The molecule has 0 saturated heterocycles. The summed E-state index contributed by atoms with van der Waals surface area (Å²) >= 11 is 0. The SMILES string of the molecule is CC(N)c1ccn(Cc2ccn(-c3ccccc3)n2)c1. The Kier molecular flexibility index (Phi) is 3.39. The Morgan fingerprint density at radius 2 is 1.90 bits per heavy atom. The van der Waals surface area contributed by atoms with Crippen molar-refractivity contribution in [2.24, 2.45) is 5.73 Å². The van der Waals surface area contributed by atoms with Gasteiger partial charge in [-0.05, 0) is 36.8 Å². The van der Waals surface area contributed by atoms with Gasteiger partial charge in [0.1, 0.15) is 0 Å². The van der Waals surface area contributed by atoms with Gasteiger partial charge < -0.3 is 10.3 Å². The Morgan fingerprint density at radius 1 is 1.10 bits per heavy atom. The fraction of sp³-hybridized carbons (Fsp3) is 0.188. The largest absolute Gasteiger partial charge is 0.348 e. The molecule has 0 spiro atoms. The van der Waals surface area contributed by atoms with Crippen molar-refractivity contribution in [2.45, 2.75) is 19.5 Å². The van der Waals surface area contributed by atoms with Crippen molar-refractivity contribution in [2.75, 3.05) is 0 Å². The molecule has 0 saturated carbocycles. The van der Waals surface area contributed by atoms with Gasteiger partial charge in [0.05, 0.1) is 17.9 Å². The average Bonchev–Trinajstić information content (AvgIpc) is 3.10. The molecule has 0 aliphatic heterocycles. The smallest absolute Gasteiger partial charge is 0.0826 e. The summed E-state index contributed by atoms with van der Waals surface area (Å²) in [6.45, 7) is 2.75. The zero-order chi connectivity index (χ0) is 13.9. The van der Waals surface area contributed by atoms with E-state index < -0.39 is 0 Å². The van der Waals surface area contributed by atoms with Gasteiger partial charge in [-0.25, -0.2) is 4.68 Å². The number of rotatable bonds is 4. The van der Waals surface area contributed by atoms with Crippen LogP contribution in [-0.4, -0.2) is 14.3 Å². The van der Waals surface area contributed by atoms with Gasteiger partial charge in [-0.15, -0.1) is 0 Å². The Hall–Kier alpha value is -2.33. The topological polar surface area (TPSA) is 48.8 Å². The number of nitrogens with zero attached hydrogens (tertiary/aromatic N) is 3. The molecule has 4 nitrogen and oxygen atoms in total. The first kappa shape index (κ1) is 12.7. The van der Waals surface area contributed by atoms with Gasteiger partial charge in [-0.1, -0.05) is 18.2 Å². The van der Waals surface area contributed by atoms with Gasteiger partial charge in [-0.3, -0.25) is 0 Å². The number of hydrogen-bond acceptors (Lipinski definition) is 2. The molecule has 102 valence electrons. The van der Waals surface area contributed by atoms with Crippen molar-refractivity contribution in [3.63, 3.8) is 0 Å². The van der Waals surface area contributed by atoms with Crippen molar-refractivity contribution in [1.82, 2.24) is 14.3 Å². The van der Waals surface area contributed by atoms with Crippen LogP contribution < -0.4 is 5.73 Å². The molecule has 1 atom stereocenters. The van der Waals surface area contributed by atoms with Crippen molar-refractivity contribution >= 4 is 0 Å². The third-order valence-corrected chi connectivity index (χ3v) is 3.31. The highest BCUT2D eigenvalue weighted by atomic mass is 15.3. The highest BCUT2D eigenvalue weighted by Gasteiger charge is 2.04. The van der Waals surface area contributed by atoms with Crippen LogP contribution in [0.5, 0.6) is 0 Å². The minimum atomic E-state index is 0.0677. The standard InChI is InChI=1S/C16H18N4/c1-13(17)14-7-9-19(11-14)12-15-8-10-20(18-15)16-5-3-2-4-6-16/h2-11,13H,12,17H2,1H3. The van der Waals surface area contributed by atoms with Gasteiger partial charge in [0, 0.05) is 24.6 Å². The third kappa shape index (κ3) is 2.65. The summed E-state index contributed by atoms with van der Waals surface area (Å²) in [5.41, 5.74) is 9.11. The Morgan fingerprint density at radius 3 is 2.60 bits per heavy atom. The summed E-state index contributed by atoms with van der Waals surface area (Å²) in [6.07, 6.45) is 6.10. The Bertz CT molecular complexity index is 679. The van der Waals surface area contributed by atoms with Crippen LogP contribution in [0.2, 0.25) is 0 Å². The summed E-state index contributed by atoms with van der Waals surface area (Å²) in [7, 11) is 0. The highest BCUT2D eigenvalue weighted by molar-refractivity contribution is 5.30. The van der Waals surface area contributed by atoms with Crippen LogP contribution in [0, 0.1) is 0 Å². The van der Waals surface area contributed by atoms with E-state index in [0.29, 0.717) is 0 Å². The molecule has 3 aromatic rings. The van der Waals surface area contributed by atoms with E-state index in [0.717, 1.165) is 23.5 Å². The lowest BCUT2D eigenvalue weighted by atomic mass is 10.2. The molecule has 20 heavy (non-hydrogen) atoms. The maximum atomic E-state index is 5.87. The summed E-state index contributed by atoms with van der Waals surface area (Å²) in [5, 5.41) is 4.59. The molecule has 2 N–H and O–H groups in total. The lowest BCUT2D eigenvalue weighted by molar-refractivity contribution is 0.740. The molecule has 2 aromatic heterocycles. The molecule has 0 bridgehead atoms. The first-order valence-electron chi connectivity index (χ1n) is 6.73. The molecule has 4 heteroatoms. The summed E-state index contributed by atoms with van der Waals surface area (Å²) in [5.74, 6) is 0. The highest BCUT2D eigenvalue weighted by Crippen LogP contribution is 2.12. The van der Waals surface area contributed by atoms with E-state index in [2.05, 4.69) is 21.9 Å². The van der Waals surface area contributed by atoms with E-state index in [1.807, 2.05) is 60.4 Å². The quantitative estimate of drug-likeness (QED) is 0.789. The monoisotopic (exact) mass is 266 g/mol. The minimum absolute atomic E-state index is 0.0677.